The van der Waals surface area contributed by atoms with Crippen molar-refractivity contribution < 1.29 is 80.2 Å². The largest absolute Gasteiger partial charge is 0.472 e. The van der Waals surface area contributed by atoms with E-state index in [1.807, 2.05) is 0 Å². The second-order valence-electron chi connectivity index (χ2n) is 28.1. The molecule has 19 heteroatoms. The molecular weight excluding hydrogens is 1220 g/mol. The molecule has 0 aliphatic carbocycles. The minimum Gasteiger partial charge on any atom is -0.462 e. The molecule has 0 aliphatic rings. The summed E-state index contributed by atoms with van der Waals surface area (Å²) >= 11 is 0. The Kier molecular flexibility index (Phi) is 63.4. The lowest BCUT2D eigenvalue weighted by molar-refractivity contribution is -0.161. The smallest absolute Gasteiger partial charge is 0.462 e. The van der Waals surface area contributed by atoms with Gasteiger partial charge < -0.3 is 33.8 Å². The Morgan fingerprint density at radius 3 is 0.731 bits per heavy atom. The number of hydrogen-bond acceptors (Lipinski definition) is 15. The summed E-state index contributed by atoms with van der Waals surface area (Å²) in [5, 5.41) is 10.6. The maximum absolute atomic E-state index is 13.1. The van der Waals surface area contributed by atoms with Crippen LogP contribution in [0.5, 0.6) is 0 Å². The fraction of sp³-hybridized carbons (Fsp3) is 0.946. The highest BCUT2D eigenvalue weighted by molar-refractivity contribution is 7.47. The monoisotopic (exact) mass is 1370 g/mol. The fourth-order valence-electron chi connectivity index (χ4n) is 11.2. The number of rotatable bonds is 72. The minimum atomic E-state index is -4.96. The molecule has 2 unspecified atom stereocenters. The second-order valence-corrected chi connectivity index (χ2v) is 31.0. The molecule has 0 spiro atoms. The molecule has 0 saturated heterocycles. The molecule has 552 valence electrons. The normalized spacial score (nSPS) is 14.1. The van der Waals surface area contributed by atoms with Gasteiger partial charge in [0, 0.05) is 25.7 Å². The average molecular weight is 1370 g/mol. The summed E-state index contributed by atoms with van der Waals surface area (Å²) in [7, 11) is -9.91. The van der Waals surface area contributed by atoms with E-state index < -0.39 is 97.5 Å². The predicted octanol–water partition coefficient (Wildman–Crippen LogP) is 21.4. The van der Waals surface area contributed by atoms with Crippen molar-refractivity contribution >= 4 is 39.5 Å². The van der Waals surface area contributed by atoms with Gasteiger partial charge in [-0.3, -0.25) is 37.3 Å². The summed E-state index contributed by atoms with van der Waals surface area (Å²) in [6.07, 6.45) is 50.3. The molecule has 5 atom stereocenters. The Balaban J connectivity index is 5.20. The fourth-order valence-corrected chi connectivity index (χ4v) is 12.8. The first kappa shape index (κ1) is 91.1. The first-order chi connectivity index (χ1) is 44.7. The zero-order chi connectivity index (χ0) is 68.7. The molecule has 93 heavy (non-hydrogen) atoms. The van der Waals surface area contributed by atoms with Crippen LogP contribution in [0, 0.1) is 17.8 Å². The number of aliphatic hydroxyl groups excluding tert-OH is 1. The van der Waals surface area contributed by atoms with Crippen molar-refractivity contribution in [1.29, 1.82) is 0 Å². The molecule has 0 aromatic carbocycles. The summed E-state index contributed by atoms with van der Waals surface area (Å²) in [6, 6.07) is 0. The van der Waals surface area contributed by atoms with Crippen molar-refractivity contribution in [2.45, 2.75) is 394 Å². The zero-order valence-corrected chi connectivity index (χ0v) is 62.5. The highest BCUT2D eigenvalue weighted by atomic mass is 31.2. The van der Waals surface area contributed by atoms with Crippen molar-refractivity contribution in [1.82, 2.24) is 0 Å². The van der Waals surface area contributed by atoms with Crippen LogP contribution in [0.15, 0.2) is 0 Å². The number of phosphoric acid groups is 2. The van der Waals surface area contributed by atoms with E-state index in [2.05, 4.69) is 48.5 Å². The lowest BCUT2D eigenvalue weighted by Crippen LogP contribution is -2.30. The number of hydrogen-bond donors (Lipinski definition) is 3. The van der Waals surface area contributed by atoms with Gasteiger partial charge in [-0.05, 0) is 43.4 Å². The Labute approximate surface area is 568 Å². The molecule has 0 aliphatic heterocycles. The number of ether oxygens (including phenoxy) is 4. The number of phosphoric ester groups is 2. The van der Waals surface area contributed by atoms with E-state index in [9.17, 15) is 43.2 Å². The third kappa shape index (κ3) is 68.4. The van der Waals surface area contributed by atoms with E-state index in [-0.39, 0.29) is 25.7 Å². The molecule has 0 radical (unpaired) electrons. The Hall–Kier alpha value is -1.94. The molecule has 3 N–H and O–H groups in total. The van der Waals surface area contributed by atoms with Gasteiger partial charge in [0.1, 0.15) is 19.3 Å². The van der Waals surface area contributed by atoms with Gasteiger partial charge in [-0.2, -0.15) is 0 Å². The van der Waals surface area contributed by atoms with Gasteiger partial charge in [-0.1, -0.05) is 325 Å². The standard InChI is InChI=1S/C74H144O17P2/c1-8-9-10-11-12-13-14-15-16-17-18-19-20-21-22-23-28-34-43-50-57-73(78)90-69(61-84-71(76)55-48-41-33-29-24-26-31-38-45-52-65(2)3)63-88-92(80,81)86-59-68(75)60-87-93(82,83)89-64-70(62-85-72(77)56-49-42-37-36-40-47-54-67(6)7)91-74(79)58-51-44-35-30-25-27-32-39-46-53-66(4)5/h65-70,75H,8-64H2,1-7H3,(H,80,81)(H,82,83)/t68-,69-,70-/m1/s1. The quantitative estimate of drug-likeness (QED) is 0.0222. The lowest BCUT2D eigenvalue weighted by atomic mass is 10.0. The Morgan fingerprint density at radius 1 is 0.290 bits per heavy atom. The highest BCUT2D eigenvalue weighted by Gasteiger charge is 2.30. The highest BCUT2D eigenvalue weighted by Crippen LogP contribution is 2.45. The van der Waals surface area contributed by atoms with Crippen LogP contribution in [-0.2, 0) is 65.4 Å². The summed E-state index contributed by atoms with van der Waals surface area (Å²) < 4.78 is 68.4. The number of carbonyl (C=O) groups excluding carboxylic acids is 4. The predicted molar refractivity (Wildman–Crippen MR) is 377 cm³/mol. The molecule has 0 fully saturated rings. The first-order valence-electron chi connectivity index (χ1n) is 38.3. The van der Waals surface area contributed by atoms with Gasteiger partial charge in [0.15, 0.2) is 12.2 Å². The molecule has 0 aromatic heterocycles. The SMILES string of the molecule is CCCCCCCCCCCCCCCCCCCCCCC(=O)O[C@H](COC(=O)CCCCCCCCCCCC(C)C)COP(=O)(O)OC[C@@H](O)COP(=O)(O)OC[C@@H](COC(=O)CCCCCCCCC(C)C)OC(=O)CCCCCCCCCCCC(C)C. The van der Waals surface area contributed by atoms with Crippen LogP contribution < -0.4 is 0 Å². The third-order valence-corrected chi connectivity index (χ3v) is 19.0. The van der Waals surface area contributed by atoms with Gasteiger partial charge in [0.05, 0.1) is 26.4 Å². The van der Waals surface area contributed by atoms with E-state index >= 15 is 0 Å². The molecule has 0 aromatic rings. The van der Waals surface area contributed by atoms with Crippen molar-refractivity contribution in [3.8, 4) is 0 Å². The minimum absolute atomic E-state index is 0.104. The van der Waals surface area contributed by atoms with E-state index in [0.29, 0.717) is 31.6 Å². The Morgan fingerprint density at radius 2 is 0.495 bits per heavy atom. The molecule has 0 saturated carbocycles. The molecule has 0 rings (SSSR count). The molecular formula is C74H144O17P2. The molecule has 0 amide bonds. The van der Waals surface area contributed by atoms with Gasteiger partial charge in [-0.15, -0.1) is 0 Å². The molecule has 17 nitrogen and oxygen atoms in total. The van der Waals surface area contributed by atoms with Crippen molar-refractivity contribution in [3.05, 3.63) is 0 Å². The van der Waals surface area contributed by atoms with E-state index in [1.165, 1.54) is 180 Å². The second kappa shape index (κ2) is 64.7. The number of carbonyl (C=O) groups is 4. The summed E-state index contributed by atoms with van der Waals surface area (Å²) in [5.41, 5.74) is 0. The maximum atomic E-state index is 13.1. The van der Waals surface area contributed by atoms with Crippen molar-refractivity contribution in [2.24, 2.45) is 17.8 Å². The maximum Gasteiger partial charge on any atom is 0.472 e. The summed E-state index contributed by atoms with van der Waals surface area (Å²) in [5.74, 6) is 0.0346. The number of unbranched alkanes of at least 4 members (excludes halogenated alkanes) is 40. The van der Waals surface area contributed by atoms with Crippen molar-refractivity contribution in [2.75, 3.05) is 39.6 Å². The first-order valence-corrected chi connectivity index (χ1v) is 41.3. The van der Waals surface area contributed by atoms with Gasteiger partial charge in [-0.25, -0.2) is 9.13 Å². The van der Waals surface area contributed by atoms with Crippen LogP contribution in [0.25, 0.3) is 0 Å². The van der Waals surface area contributed by atoms with E-state index in [0.717, 1.165) is 108 Å². The number of esters is 4. The molecule has 0 heterocycles. The summed E-state index contributed by atoms with van der Waals surface area (Å²) in [4.78, 5) is 72.6. The van der Waals surface area contributed by atoms with Crippen LogP contribution in [-0.4, -0.2) is 96.7 Å². The van der Waals surface area contributed by atoms with Gasteiger partial charge in [0.2, 0.25) is 0 Å². The lowest BCUT2D eigenvalue weighted by Gasteiger charge is -2.21. The van der Waals surface area contributed by atoms with E-state index in [1.54, 1.807) is 0 Å². The van der Waals surface area contributed by atoms with Crippen LogP contribution in [0.3, 0.4) is 0 Å². The van der Waals surface area contributed by atoms with Gasteiger partial charge in [0.25, 0.3) is 0 Å². The van der Waals surface area contributed by atoms with Crippen LogP contribution in [0.2, 0.25) is 0 Å². The van der Waals surface area contributed by atoms with Crippen LogP contribution in [0.4, 0.5) is 0 Å². The van der Waals surface area contributed by atoms with E-state index in [4.69, 9.17) is 37.0 Å². The topological polar surface area (TPSA) is 237 Å². The Bertz CT molecular complexity index is 1820. The van der Waals surface area contributed by atoms with Gasteiger partial charge >= 0.3 is 39.5 Å². The van der Waals surface area contributed by atoms with Crippen LogP contribution in [0.1, 0.15) is 376 Å². The zero-order valence-electron chi connectivity index (χ0n) is 60.7. The number of aliphatic hydroxyl groups is 1. The third-order valence-electron chi connectivity index (χ3n) is 17.1. The average Bonchev–Trinajstić information content (AvgIpc) is 1.65. The van der Waals surface area contributed by atoms with Crippen LogP contribution >= 0.6 is 15.6 Å². The van der Waals surface area contributed by atoms with Crippen molar-refractivity contribution in [3.63, 3.8) is 0 Å². The molecule has 0 bridgehead atoms. The summed E-state index contributed by atoms with van der Waals surface area (Å²) in [6.45, 7) is 11.8.